The molecule has 0 amide bonds. The monoisotopic (exact) mass is 226 g/mol. The van der Waals surface area contributed by atoms with E-state index in [1.54, 1.807) is 0 Å². The van der Waals surface area contributed by atoms with Crippen LogP contribution in [-0.2, 0) is 12.8 Å². The molecule has 1 fully saturated rings. The van der Waals surface area contributed by atoms with E-state index >= 15 is 0 Å². The Morgan fingerprint density at radius 1 is 1.18 bits per heavy atom. The fourth-order valence-corrected chi connectivity index (χ4v) is 3.55. The lowest BCUT2D eigenvalue weighted by molar-refractivity contribution is 0.172. The summed E-state index contributed by atoms with van der Waals surface area (Å²) in [6.07, 6.45) is 5.15. The third kappa shape index (κ3) is 1.85. The molecule has 0 aliphatic heterocycles. The summed E-state index contributed by atoms with van der Waals surface area (Å²) >= 11 is 0. The average Bonchev–Trinajstić information content (AvgIpc) is 2.36. The third-order valence-corrected chi connectivity index (χ3v) is 4.56. The molecule has 0 saturated heterocycles. The molecule has 1 aromatic rings. The first-order valence-corrected chi connectivity index (χ1v) is 6.47. The molecule has 1 aromatic carbocycles. The molecule has 3 atom stereocenters. The van der Waals surface area contributed by atoms with Gasteiger partial charge in [-0.15, -0.1) is 0 Å². The second-order valence-corrected chi connectivity index (χ2v) is 5.71. The van der Waals surface area contributed by atoms with Gasteiger partial charge in [-0.3, -0.25) is 0 Å². The van der Waals surface area contributed by atoms with E-state index < -0.39 is 5.54 Å². The molecule has 1 saturated carbocycles. The van der Waals surface area contributed by atoms with Crippen molar-refractivity contribution in [3.63, 3.8) is 0 Å². The first-order chi connectivity index (χ1) is 8.20. The topological polar surface area (TPSA) is 49.8 Å². The van der Waals surface area contributed by atoms with E-state index in [4.69, 9.17) is 11.0 Å². The fourth-order valence-electron chi connectivity index (χ4n) is 3.55. The summed E-state index contributed by atoms with van der Waals surface area (Å²) in [6.45, 7) is 0. The Labute approximate surface area is 102 Å². The van der Waals surface area contributed by atoms with Crippen LogP contribution in [0, 0.1) is 23.2 Å². The van der Waals surface area contributed by atoms with Crippen LogP contribution < -0.4 is 5.73 Å². The standard InChI is InChI=1S/C15H18N2/c16-10-15(17)6-5-13-7-11-3-1-2-4-12(11)8-14(13)9-15/h1-4,13-14H,5-9,17H2/t13-,14+,15?/m1/s1. The zero-order valence-corrected chi connectivity index (χ0v) is 10.0. The minimum Gasteiger partial charge on any atom is -0.313 e. The molecule has 17 heavy (non-hydrogen) atoms. The largest absolute Gasteiger partial charge is 0.313 e. The Morgan fingerprint density at radius 2 is 1.82 bits per heavy atom. The molecule has 2 aliphatic carbocycles. The number of rotatable bonds is 0. The number of fused-ring (bicyclic) bond motifs is 2. The Hall–Kier alpha value is -1.33. The van der Waals surface area contributed by atoms with E-state index in [0.717, 1.165) is 31.6 Å². The third-order valence-electron chi connectivity index (χ3n) is 4.56. The van der Waals surface area contributed by atoms with Crippen LogP contribution >= 0.6 is 0 Å². The van der Waals surface area contributed by atoms with Crippen LogP contribution in [0.3, 0.4) is 0 Å². The van der Waals surface area contributed by atoms with Crippen molar-refractivity contribution < 1.29 is 0 Å². The summed E-state index contributed by atoms with van der Waals surface area (Å²) in [5.74, 6) is 1.36. The second kappa shape index (κ2) is 3.85. The summed E-state index contributed by atoms with van der Waals surface area (Å²) in [4.78, 5) is 0. The number of hydrogen-bond donors (Lipinski definition) is 1. The van der Waals surface area contributed by atoms with Crippen LogP contribution in [0.5, 0.6) is 0 Å². The molecule has 0 bridgehead atoms. The zero-order chi connectivity index (χ0) is 11.9. The highest BCUT2D eigenvalue weighted by atomic mass is 14.8. The fraction of sp³-hybridized carbons (Fsp3) is 0.533. The van der Waals surface area contributed by atoms with Gasteiger partial charge >= 0.3 is 0 Å². The SMILES string of the molecule is N#CC1(N)CC[C@@H]2Cc3ccccc3C[C@H]2C1. The molecule has 0 aromatic heterocycles. The smallest absolute Gasteiger partial charge is 0.104 e. The molecule has 3 rings (SSSR count). The lowest BCUT2D eigenvalue weighted by Crippen LogP contribution is -2.47. The molecule has 2 N–H and O–H groups in total. The van der Waals surface area contributed by atoms with Gasteiger partial charge in [-0.05, 0) is 55.1 Å². The van der Waals surface area contributed by atoms with E-state index in [1.807, 2.05) is 0 Å². The van der Waals surface area contributed by atoms with Crippen molar-refractivity contribution >= 4 is 0 Å². The van der Waals surface area contributed by atoms with Crippen molar-refractivity contribution in [2.45, 2.75) is 37.6 Å². The average molecular weight is 226 g/mol. The predicted octanol–water partition coefficient (Wildman–Crippen LogP) is 2.42. The van der Waals surface area contributed by atoms with Crippen molar-refractivity contribution in [3.05, 3.63) is 35.4 Å². The second-order valence-electron chi connectivity index (χ2n) is 5.71. The van der Waals surface area contributed by atoms with E-state index in [2.05, 4.69) is 30.3 Å². The quantitative estimate of drug-likeness (QED) is 0.738. The molecular weight excluding hydrogens is 208 g/mol. The van der Waals surface area contributed by atoms with E-state index in [1.165, 1.54) is 17.5 Å². The maximum atomic E-state index is 9.16. The Balaban J connectivity index is 1.86. The van der Waals surface area contributed by atoms with Gasteiger partial charge in [0, 0.05) is 0 Å². The minimum absolute atomic E-state index is 0.562. The van der Waals surface area contributed by atoms with Crippen LogP contribution in [0.25, 0.3) is 0 Å². The molecule has 88 valence electrons. The molecule has 0 heterocycles. The Kier molecular flexibility index (Phi) is 2.45. The van der Waals surface area contributed by atoms with Crippen LogP contribution in [0.4, 0.5) is 0 Å². The van der Waals surface area contributed by atoms with Crippen LogP contribution in [0.1, 0.15) is 30.4 Å². The molecule has 1 unspecified atom stereocenters. The van der Waals surface area contributed by atoms with Crippen LogP contribution in [0.15, 0.2) is 24.3 Å². The highest BCUT2D eigenvalue weighted by Crippen LogP contribution is 2.42. The van der Waals surface area contributed by atoms with Gasteiger partial charge in [0.05, 0.1) is 6.07 Å². The number of hydrogen-bond acceptors (Lipinski definition) is 2. The first-order valence-electron chi connectivity index (χ1n) is 6.47. The number of benzene rings is 1. The Bertz CT molecular complexity index is 474. The Morgan fingerprint density at radius 3 is 2.47 bits per heavy atom. The van der Waals surface area contributed by atoms with Gasteiger partial charge in [0.2, 0.25) is 0 Å². The van der Waals surface area contributed by atoms with Gasteiger partial charge in [-0.2, -0.15) is 5.26 Å². The van der Waals surface area contributed by atoms with Crippen molar-refractivity contribution in [2.75, 3.05) is 0 Å². The molecule has 2 heteroatoms. The molecule has 2 aliphatic rings. The number of nitrogens with two attached hydrogens (primary N) is 1. The maximum absolute atomic E-state index is 9.16. The summed E-state index contributed by atoms with van der Waals surface area (Å²) < 4.78 is 0. The highest BCUT2D eigenvalue weighted by Gasteiger charge is 2.40. The summed E-state index contributed by atoms with van der Waals surface area (Å²) in [5.41, 5.74) is 8.54. The molecular formula is C15H18N2. The zero-order valence-electron chi connectivity index (χ0n) is 10.0. The van der Waals surface area contributed by atoms with Crippen molar-refractivity contribution in [1.29, 1.82) is 5.26 Å². The van der Waals surface area contributed by atoms with Crippen molar-refractivity contribution in [2.24, 2.45) is 17.6 Å². The van der Waals surface area contributed by atoms with Gasteiger partial charge in [0.15, 0.2) is 0 Å². The lowest BCUT2D eigenvalue weighted by Gasteiger charge is -2.42. The van der Waals surface area contributed by atoms with E-state index in [9.17, 15) is 0 Å². The molecule has 0 radical (unpaired) electrons. The normalized spacial score (nSPS) is 35.5. The van der Waals surface area contributed by atoms with Crippen LogP contribution in [0.2, 0.25) is 0 Å². The van der Waals surface area contributed by atoms with Crippen LogP contribution in [-0.4, -0.2) is 5.54 Å². The maximum Gasteiger partial charge on any atom is 0.104 e. The molecule has 0 spiro atoms. The van der Waals surface area contributed by atoms with Crippen molar-refractivity contribution in [3.8, 4) is 6.07 Å². The van der Waals surface area contributed by atoms with Gasteiger partial charge in [0.25, 0.3) is 0 Å². The van der Waals surface area contributed by atoms with Crippen molar-refractivity contribution in [1.82, 2.24) is 0 Å². The molecule has 2 nitrogen and oxygen atoms in total. The number of nitrogens with zero attached hydrogens (tertiary/aromatic N) is 1. The van der Waals surface area contributed by atoms with E-state index in [-0.39, 0.29) is 0 Å². The van der Waals surface area contributed by atoms with Gasteiger partial charge < -0.3 is 5.73 Å². The van der Waals surface area contributed by atoms with Gasteiger partial charge in [0.1, 0.15) is 5.54 Å². The predicted molar refractivity (Wildman–Crippen MR) is 67.2 cm³/mol. The summed E-state index contributed by atoms with van der Waals surface area (Å²) in [7, 11) is 0. The minimum atomic E-state index is -0.562. The van der Waals surface area contributed by atoms with E-state index in [0.29, 0.717) is 5.92 Å². The summed E-state index contributed by atoms with van der Waals surface area (Å²) in [5, 5.41) is 9.16. The van der Waals surface area contributed by atoms with Gasteiger partial charge in [-0.25, -0.2) is 0 Å². The first kappa shape index (κ1) is 10.8. The number of nitriles is 1. The lowest BCUT2D eigenvalue weighted by atomic mass is 9.64. The van der Waals surface area contributed by atoms with Gasteiger partial charge in [-0.1, -0.05) is 24.3 Å². The summed E-state index contributed by atoms with van der Waals surface area (Å²) in [6, 6.07) is 11.0. The highest BCUT2D eigenvalue weighted by molar-refractivity contribution is 5.31.